The fourth-order valence-corrected chi connectivity index (χ4v) is 0. The summed E-state index contributed by atoms with van der Waals surface area (Å²) >= 11 is 0. The van der Waals surface area contributed by atoms with Gasteiger partial charge in [0.2, 0.25) is 0 Å². The lowest BCUT2D eigenvalue weighted by molar-refractivity contribution is 0.381. The molecule has 0 saturated heterocycles. The van der Waals surface area contributed by atoms with E-state index in [9.17, 15) is 0 Å². The highest BCUT2D eigenvalue weighted by atomic mass is 32.3. The van der Waals surface area contributed by atoms with Gasteiger partial charge >= 0.3 is 10.4 Å². The SMILES string of the molecule is C=C[SiH3].O=S(=O)(O)O. The molecule has 0 aromatic rings. The first kappa shape index (κ1) is 10.7. The minimum absolute atomic E-state index is 1.13. The molecule has 4 nitrogen and oxygen atoms in total. The van der Waals surface area contributed by atoms with Crippen LogP contribution in [0.5, 0.6) is 0 Å². The Hall–Kier alpha value is -0.173. The lowest BCUT2D eigenvalue weighted by Crippen LogP contribution is -1.89. The molecular formula is C2H8O4SSi. The summed E-state index contributed by atoms with van der Waals surface area (Å²) in [6, 6.07) is 0. The van der Waals surface area contributed by atoms with Gasteiger partial charge in [0, 0.05) is 10.2 Å². The van der Waals surface area contributed by atoms with Crippen molar-refractivity contribution in [2.75, 3.05) is 0 Å². The molecule has 2 N–H and O–H groups in total. The van der Waals surface area contributed by atoms with Crippen LogP contribution in [0.3, 0.4) is 0 Å². The number of rotatable bonds is 0. The second kappa shape index (κ2) is 4.97. The normalized spacial score (nSPS) is 9.25. The Morgan fingerprint density at radius 3 is 1.50 bits per heavy atom. The van der Waals surface area contributed by atoms with Crippen LogP contribution in [-0.4, -0.2) is 27.8 Å². The first-order valence-electron chi connectivity index (χ1n) is 1.68. The van der Waals surface area contributed by atoms with E-state index < -0.39 is 10.4 Å². The molecule has 0 aromatic carbocycles. The molecule has 0 unspecified atom stereocenters. The highest BCUT2D eigenvalue weighted by Gasteiger charge is 1.84. The Kier molecular flexibility index (Phi) is 6.68. The van der Waals surface area contributed by atoms with E-state index in [-0.39, 0.29) is 0 Å². The van der Waals surface area contributed by atoms with E-state index in [0.29, 0.717) is 0 Å². The van der Waals surface area contributed by atoms with Gasteiger partial charge in [-0.05, 0) is 0 Å². The van der Waals surface area contributed by atoms with Crippen LogP contribution in [0.15, 0.2) is 12.3 Å². The van der Waals surface area contributed by atoms with Crippen molar-refractivity contribution < 1.29 is 17.5 Å². The largest absolute Gasteiger partial charge is 0.394 e. The van der Waals surface area contributed by atoms with Gasteiger partial charge in [0.15, 0.2) is 0 Å². The average molecular weight is 156 g/mol. The molecule has 0 rings (SSSR count). The fraction of sp³-hybridized carbons (Fsp3) is 0. The maximum Gasteiger partial charge on any atom is 0.394 e. The van der Waals surface area contributed by atoms with Gasteiger partial charge in [-0.3, -0.25) is 9.11 Å². The molecule has 0 aliphatic carbocycles. The van der Waals surface area contributed by atoms with Crippen molar-refractivity contribution in [3.05, 3.63) is 12.3 Å². The predicted molar refractivity (Wildman–Crippen MR) is 34.3 cm³/mol. The lowest BCUT2D eigenvalue weighted by Gasteiger charge is -1.68. The summed E-state index contributed by atoms with van der Waals surface area (Å²) in [5.41, 5.74) is 1.89. The van der Waals surface area contributed by atoms with Gasteiger partial charge in [0.05, 0.1) is 0 Å². The molecule has 0 atom stereocenters. The predicted octanol–water partition coefficient (Wildman–Crippen LogP) is -1.16. The number of hydrogen-bond donors (Lipinski definition) is 2. The third-order valence-electron chi connectivity index (χ3n) is 0. The van der Waals surface area contributed by atoms with E-state index in [1.54, 1.807) is 0 Å². The number of hydrogen-bond acceptors (Lipinski definition) is 2. The minimum atomic E-state index is -4.67. The van der Waals surface area contributed by atoms with Crippen molar-refractivity contribution in [3.63, 3.8) is 0 Å². The molecule has 0 radical (unpaired) electrons. The third-order valence-corrected chi connectivity index (χ3v) is 0. The summed E-state index contributed by atoms with van der Waals surface area (Å²) in [5, 5.41) is 0. The lowest BCUT2D eigenvalue weighted by atomic mass is 11.3. The van der Waals surface area contributed by atoms with Gasteiger partial charge < -0.3 is 0 Å². The van der Waals surface area contributed by atoms with Crippen molar-refractivity contribution in [1.82, 2.24) is 0 Å². The van der Waals surface area contributed by atoms with E-state index in [1.165, 1.54) is 0 Å². The highest BCUT2D eigenvalue weighted by molar-refractivity contribution is 7.79. The van der Waals surface area contributed by atoms with Gasteiger partial charge in [-0.15, -0.1) is 12.3 Å². The Labute approximate surface area is 51.2 Å². The topological polar surface area (TPSA) is 74.6 Å². The molecule has 0 bridgehead atoms. The maximum atomic E-state index is 8.74. The zero-order valence-corrected chi connectivity index (χ0v) is 7.22. The summed E-state index contributed by atoms with van der Waals surface area (Å²) < 4.78 is 31.6. The van der Waals surface area contributed by atoms with Crippen molar-refractivity contribution in [2.45, 2.75) is 0 Å². The summed E-state index contributed by atoms with van der Waals surface area (Å²) in [5.74, 6) is 0. The van der Waals surface area contributed by atoms with E-state index in [2.05, 4.69) is 6.58 Å². The molecule has 0 aliphatic heterocycles. The quantitative estimate of drug-likeness (QED) is 0.343. The second-order valence-corrected chi connectivity index (χ2v) is 2.57. The van der Waals surface area contributed by atoms with Crippen LogP contribution in [-0.2, 0) is 10.4 Å². The van der Waals surface area contributed by atoms with Crippen LogP contribution in [0.2, 0.25) is 0 Å². The third kappa shape index (κ3) is 4530. The van der Waals surface area contributed by atoms with Crippen LogP contribution in [0.4, 0.5) is 0 Å². The van der Waals surface area contributed by atoms with Crippen molar-refractivity contribution in [3.8, 4) is 0 Å². The molecule has 6 heteroatoms. The second-order valence-electron chi connectivity index (χ2n) is 0.856. The molecule has 50 valence electrons. The Morgan fingerprint density at radius 2 is 1.50 bits per heavy atom. The van der Waals surface area contributed by atoms with E-state index in [4.69, 9.17) is 17.5 Å². The van der Waals surface area contributed by atoms with Gasteiger partial charge in [0.1, 0.15) is 0 Å². The minimum Gasteiger partial charge on any atom is -0.264 e. The maximum absolute atomic E-state index is 8.74. The van der Waals surface area contributed by atoms with Gasteiger partial charge in [-0.2, -0.15) is 8.42 Å². The molecule has 0 amide bonds. The first-order chi connectivity index (χ1) is 3.41. The highest BCUT2D eigenvalue weighted by Crippen LogP contribution is 1.59. The average Bonchev–Trinajstić information content (AvgIpc) is 1.27. The van der Waals surface area contributed by atoms with Crippen LogP contribution in [0, 0.1) is 0 Å². The zero-order chi connectivity index (χ0) is 7.21. The van der Waals surface area contributed by atoms with Crippen LogP contribution >= 0.6 is 0 Å². The summed E-state index contributed by atoms with van der Waals surface area (Å²) in [4.78, 5) is 0. The molecule has 0 fully saturated rings. The Balaban J connectivity index is 0. The molecule has 0 aromatic heterocycles. The van der Waals surface area contributed by atoms with Crippen molar-refractivity contribution >= 4 is 20.6 Å². The van der Waals surface area contributed by atoms with Gasteiger partial charge in [-0.25, -0.2) is 0 Å². The van der Waals surface area contributed by atoms with Gasteiger partial charge in [-0.1, -0.05) is 0 Å². The van der Waals surface area contributed by atoms with Crippen LogP contribution in [0.1, 0.15) is 0 Å². The Morgan fingerprint density at radius 1 is 1.50 bits per heavy atom. The zero-order valence-electron chi connectivity index (χ0n) is 4.40. The first-order valence-corrected chi connectivity index (χ1v) is 4.24. The van der Waals surface area contributed by atoms with E-state index >= 15 is 0 Å². The summed E-state index contributed by atoms with van der Waals surface area (Å²) in [7, 11) is -3.53. The van der Waals surface area contributed by atoms with E-state index in [1.807, 2.05) is 5.70 Å². The monoisotopic (exact) mass is 156 g/mol. The Bertz CT molecular complexity index is 128. The summed E-state index contributed by atoms with van der Waals surface area (Å²) in [6.45, 7) is 3.42. The smallest absolute Gasteiger partial charge is 0.264 e. The van der Waals surface area contributed by atoms with Crippen LogP contribution in [0.25, 0.3) is 0 Å². The molecular weight excluding hydrogens is 148 g/mol. The standard InChI is InChI=1S/C2H6Si.H2O4S/c1-2-3;1-5(2,3)4/h2H,1H2,3H3;(H2,1,2,3,4). The van der Waals surface area contributed by atoms with Crippen molar-refractivity contribution in [2.24, 2.45) is 0 Å². The molecule has 0 aliphatic rings. The van der Waals surface area contributed by atoms with E-state index in [0.717, 1.165) is 10.2 Å². The molecule has 0 saturated carbocycles. The fourth-order valence-electron chi connectivity index (χ4n) is 0. The molecule has 0 spiro atoms. The van der Waals surface area contributed by atoms with Gasteiger partial charge in [0.25, 0.3) is 0 Å². The molecule has 8 heavy (non-hydrogen) atoms. The van der Waals surface area contributed by atoms with Crippen LogP contribution < -0.4 is 0 Å². The molecule has 0 heterocycles. The van der Waals surface area contributed by atoms with Crippen molar-refractivity contribution in [1.29, 1.82) is 0 Å². The summed E-state index contributed by atoms with van der Waals surface area (Å²) in [6.07, 6.45) is 0.